The van der Waals surface area contributed by atoms with Gasteiger partial charge in [0.05, 0.1) is 22.4 Å². The van der Waals surface area contributed by atoms with Crippen LogP contribution in [0.25, 0.3) is 10.9 Å². The minimum atomic E-state index is -5.27. The van der Waals surface area contributed by atoms with Gasteiger partial charge in [0.1, 0.15) is 17.1 Å². The zero-order valence-electron chi connectivity index (χ0n) is 24.6. The average Bonchev–Trinajstić information content (AvgIpc) is 3.43. The molecule has 0 aliphatic heterocycles. The molecule has 0 saturated carbocycles. The van der Waals surface area contributed by atoms with E-state index in [-0.39, 0.29) is 21.5 Å². The number of rotatable bonds is 8. The lowest BCUT2D eigenvalue weighted by Crippen LogP contribution is -2.38. The standard InChI is InChI=1S/C35H25F4N3O4S/c1-46-27-19-26(36)20-29(21-27)47(44,45)28-17-18-31-30(22-28)32(40-33(43)35(37,38)39)41-42(31)34(23-11-5-2-6-12-23,24-13-7-3-8-14-24)25-15-9-4-10-16-25/h2-22H,1H3,(H,40,41,43). The maximum absolute atomic E-state index is 14.3. The number of benzene rings is 5. The average molecular weight is 660 g/mol. The minimum absolute atomic E-state index is 0.0473. The number of sulfone groups is 1. The molecule has 1 amide bonds. The van der Waals surface area contributed by atoms with Gasteiger partial charge in [-0.05, 0) is 47.0 Å². The van der Waals surface area contributed by atoms with E-state index in [0.29, 0.717) is 16.7 Å². The summed E-state index contributed by atoms with van der Waals surface area (Å²) >= 11 is 0. The Hall–Kier alpha value is -5.49. The molecule has 238 valence electrons. The number of nitrogens with zero attached hydrogens (tertiary/aromatic N) is 2. The fraction of sp³-hybridized carbons (Fsp3) is 0.0857. The molecule has 0 saturated heterocycles. The molecule has 0 atom stereocenters. The van der Waals surface area contributed by atoms with Gasteiger partial charge in [0, 0.05) is 11.5 Å². The number of fused-ring (bicyclic) bond motifs is 1. The first-order valence-electron chi connectivity index (χ1n) is 14.1. The first-order valence-corrected chi connectivity index (χ1v) is 15.6. The summed E-state index contributed by atoms with van der Waals surface area (Å²) < 4.78 is 89.1. The van der Waals surface area contributed by atoms with Gasteiger partial charge in [0.15, 0.2) is 5.82 Å². The number of carbonyl (C=O) groups excluding carboxylic acids is 1. The Morgan fingerprint density at radius 3 is 1.77 bits per heavy atom. The van der Waals surface area contributed by atoms with E-state index >= 15 is 0 Å². The number of halogens is 4. The van der Waals surface area contributed by atoms with Gasteiger partial charge >= 0.3 is 12.1 Å². The molecule has 0 aliphatic rings. The van der Waals surface area contributed by atoms with Crippen LogP contribution in [0.3, 0.4) is 0 Å². The zero-order chi connectivity index (χ0) is 33.4. The van der Waals surface area contributed by atoms with E-state index in [1.54, 1.807) is 0 Å². The molecule has 0 spiro atoms. The van der Waals surface area contributed by atoms with E-state index in [2.05, 4.69) is 5.10 Å². The molecule has 1 heterocycles. The fourth-order valence-electron chi connectivity index (χ4n) is 5.64. The number of ether oxygens (including phenoxy) is 1. The van der Waals surface area contributed by atoms with Crippen molar-refractivity contribution in [1.82, 2.24) is 9.78 Å². The van der Waals surface area contributed by atoms with Crippen LogP contribution in [0.5, 0.6) is 5.75 Å². The highest BCUT2D eigenvalue weighted by atomic mass is 32.2. The third kappa shape index (κ3) is 5.61. The van der Waals surface area contributed by atoms with Crippen molar-refractivity contribution in [2.24, 2.45) is 0 Å². The molecule has 47 heavy (non-hydrogen) atoms. The highest BCUT2D eigenvalue weighted by Gasteiger charge is 2.43. The smallest absolute Gasteiger partial charge is 0.471 e. The quantitative estimate of drug-likeness (QED) is 0.136. The number of alkyl halides is 3. The normalized spacial score (nSPS) is 12.2. The van der Waals surface area contributed by atoms with Gasteiger partial charge in [0.2, 0.25) is 9.84 Å². The molecule has 6 rings (SSSR count). The second kappa shape index (κ2) is 12.0. The Labute approximate surface area is 267 Å². The topological polar surface area (TPSA) is 90.3 Å². The van der Waals surface area contributed by atoms with Crippen LogP contribution in [0, 0.1) is 5.82 Å². The molecule has 6 aromatic rings. The summed E-state index contributed by atoms with van der Waals surface area (Å²) in [4.78, 5) is 11.5. The van der Waals surface area contributed by atoms with E-state index in [1.165, 1.54) is 23.9 Å². The van der Waals surface area contributed by atoms with Crippen LogP contribution >= 0.6 is 0 Å². The number of aromatic nitrogens is 2. The van der Waals surface area contributed by atoms with E-state index in [9.17, 15) is 30.8 Å². The highest BCUT2D eigenvalue weighted by Crippen LogP contribution is 2.44. The third-order valence-electron chi connectivity index (χ3n) is 7.73. The van der Waals surface area contributed by atoms with Crippen molar-refractivity contribution >= 4 is 32.5 Å². The van der Waals surface area contributed by atoms with Gasteiger partial charge in [-0.3, -0.25) is 4.79 Å². The van der Waals surface area contributed by atoms with Crippen LogP contribution in [-0.2, 0) is 20.2 Å². The van der Waals surface area contributed by atoms with E-state index in [1.807, 2.05) is 96.3 Å². The molecular formula is C35H25F4N3O4S. The van der Waals surface area contributed by atoms with Crippen LogP contribution in [0.4, 0.5) is 23.4 Å². The maximum Gasteiger partial charge on any atom is 0.471 e. The number of methoxy groups -OCH3 is 1. The molecule has 1 N–H and O–H groups in total. The van der Waals surface area contributed by atoms with Crippen LogP contribution < -0.4 is 10.1 Å². The summed E-state index contributed by atoms with van der Waals surface area (Å²) in [5, 5.41) is 6.34. The fourth-order valence-corrected chi connectivity index (χ4v) is 6.97. The summed E-state index contributed by atoms with van der Waals surface area (Å²) in [6.07, 6.45) is -5.27. The van der Waals surface area contributed by atoms with Crippen molar-refractivity contribution in [3.63, 3.8) is 0 Å². The molecule has 12 heteroatoms. The van der Waals surface area contributed by atoms with Crippen molar-refractivity contribution in [3.8, 4) is 5.75 Å². The number of nitrogens with one attached hydrogen (secondary N) is 1. The number of hydrogen-bond donors (Lipinski definition) is 1. The van der Waals surface area contributed by atoms with Crippen LogP contribution in [-0.4, -0.2) is 37.4 Å². The molecule has 7 nitrogen and oxygen atoms in total. The van der Waals surface area contributed by atoms with Crippen molar-refractivity contribution < 1.29 is 35.5 Å². The van der Waals surface area contributed by atoms with E-state index < -0.39 is 44.0 Å². The molecule has 0 radical (unpaired) electrons. The zero-order valence-corrected chi connectivity index (χ0v) is 25.4. The molecule has 0 bridgehead atoms. The summed E-state index contributed by atoms with van der Waals surface area (Å²) in [5.41, 5.74) is 0.923. The Kier molecular flexibility index (Phi) is 8.06. The summed E-state index contributed by atoms with van der Waals surface area (Å²) in [6, 6.07) is 34.1. The molecule has 0 unspecified atom stereocenters. The van der Waals surface area contributed by atoms with Crippen molar-refractivity contribution in [2.75, 3.05) is 12.4 Å². The molecule has 1 aromatic heterocycles. The number of hydrogen-bond acceptors (Lipinski definition) is 5. The summed E-state index contributed by atoms with van der Waals surface area (Å²) in [6.45, 7) is 0. The van der Waals surface area contributed by atoms with Gasteiger partial charge in [0.25, 0.3) is 0 Å². The predicted octanol–water partition coefficient (Wildman–Crippen LogP) is 7.36. The number of anilines is 1. The third-order valence-corrected chi connectivity index (χ3v) is 9.47. The van der Waals surface area contributed by atoms with E-state index in [0.717, 1.165) is 24.3 Å². The Balaban J connectivity index is 1.70. The second-order valence-electron chi connectivity index (χ2n) is 10.5. The van der Waals surface area contributed by atoms with Gasteiger partial charge in [-0.15, -0.1) is 0 Å². The molecular weight excluding hydrogens is 634 g/mol. The minimum Gasteiger partial charge on any atom is -0.497 e. The molecule has 0 fully saturated rings. The predicted molar refractivity (Wildman–Crippen MR) is 167 cm³/mol. The Morgan fingerprint density at radius 1 is 0.745 bits per heavy atom. The van der Waals surface area contributed by atoms with Gasteiger partial charge < -0.3 is 10.1 Å². The van der Waals surface area contributed by atoms with Crippen LogP contribution in [0.1, 0.15) is 16.7 Å². The maximum atomic E-state index is 14.3. The largest absolute Gasteiger partial charge is 0.497 e. The van der Waals surface area contributed by atoms with Gasteiger partial charge in [-0.25, -0.2) is 17.5 Å². The Bertz CT molecular complexity index is 2090. The number of carbonyl (C=O) groups is 1. The lowest BCUT2D eigenvalue weighted by Gasteiger charge is -2.37. The van der Waals surface area contributed by atoms with Crippen molar-refractivity contribution in [3.05, 3.63) is 150 Å². The van der Waals surface area contributed by atoms with Crippen LogP contribution in [0.2, 0.25) is 0 Å². The van der Waals surface area contributed by atoms with Crippen molar-refractivity contribution in [1.29, 1.82) is 0 Å². The first kappa shape index (κ1) is 31.5. The molecule has 5 aromatic carbocycles. The highest BCUT2D eigenvalue weighted by molar-refractivity contribution is 7.91. The SMILES string of the molecule is COc1cc(F)cc(S(=O)(=O)c2ccc3c(c2)c(NC(=O)C(F)(F)F)nn3C(c2ccccc2)(c2ccccc2)c2ccccc2)c1. The van der Waals surface area contributed by atoms with Gasteiger partial charge in [-0.1, -0.05) is 91.0 Å². The Morgan fingerprint density at radius 2 is 1.28 bits per heavy atom. The van der Waals surface area contributed by atoms with Crippen molar-refractivity contribution in [2.45, 2.75) is 21.5 Å². The lowest BCUT2D eigenvalue weighted by atomic mass is 9.77. The summed E-state index contributed by atoms with van der Waals surface area (Å²) in [5.74, 6) is -3.73. The van der Waals surface area contributed by atoms with Crippen LogP contribution in [0.15, 0.2) is 137 Å². The van der Waals surface area contributed by atoms with Gasteiger partial charge in [-0.2, -0.15) is 18.3 Å². The monoisotopic (exact) mass is 659 g/mol. The first-order chi connectivity index (χ1) is 22.5. The summed E-state index contributed by atoms with van der Waals surface area (Å²) in [7, 11) is -3.18. The van der Waals surface area contributed by atoms with E-state index in [4.69, 9.17) is 4.74 Å². The number of amides is 1. The molecule has 0 aliphatic carbocycles. The second-order valence-corrected chi connectivity index (χ2v) is 12.5. The lowest BCUT2D eigenvalue weighted by molar-refractivity contribution is -0.167.